The van der Waals surface area contributed by atoms with Crippen LogP contribution < -0.4 is 5.32 Å². The summed E-state index contributed by atoms with van der Waals surface area (Å²) >= 11 is 0. The van der Waals surface area contributed by atoms with E-state index >= 15 is 0 Å². The maximum absolute atomic E-state index is 12.6. The molecule has 21 heavy (non-hydrogen) atoms. The van der Waals surface area contributed by atoms with Gasteiger partial charge >= 0.3 is 0 Å². The van der Waals surface area contributed by atoms with Gasteiger partial charge in [-0.1, -0.05) is 37.1 Å². The predicted octanol–water partition coefficient (Wildman–Crippen LogP) is 2.38. The van der Waals surface area contributed by atoms with Crippen molar-refractivity contribution in [1.82, 2.24) is 5.32 Å². The number of rotatable bonds is 2. The van der Waals surface area contributed by atoms with Crippen molar-refractivity contribution < 1.29 is 9.90 Å². The van der Waals surface area contributed by atoms with Gasteiger partial charge in [-0.25, -0.2) is 0 Å². The molecule has 2 fully saturated rings. The van der Waals surface area contributed by atoms with Crippen molar-refractivity contribution in [2.45, 2.75) is 56.6 Å². The fourth-order valence-electron chi connectivity index (χ4n) is 4.48. The molecule has 3 aliphatic rings. The Labute approximate surface area is 125 Å². The molecule has 3 aliphatic carbocycles. The first-order valence-corrected chi connectivity index (χ1v) is 8.32. The van der Waals surface area contributed by atoms with Crippen LogP contribution in [0.2, 0.25) is 0 Å². The van der Waals surface area contributed by atoms with Gasteiger partial charge in [-0.3, -0.25) is 4.79 Å². The monoisotopic (exact) mass is 285 g/mol. The highest BCUT2D eigenvalue weighted by molar-refractivity contribution is 5.84. The van der Waals surface area contributed by atoms with Crippen LogP contribution in [-0.4, -0.2) is 23.2 Å². The van der Waals surface area contributed by atoms with Crippen molar-refractivity contribution in [1.29, 1.82) is 0 Å². The first kappa shape index (κ1) is 13.3. The third kappa shape index (κ3) is 2.28. The molecule has 3 unspecified atom stereocenters. The summed E-state index contributed by atoms with van der Waals surface area (Å²) in [4.78, 5) is 12.6. The number of aliphatic hydroxyl groups is 1. The summed E-state index contributed by atoms with van der Waals surface area (Å²) in [5.74, 6) is 1.27. The Morgan fingerprint density at radius 1 is 1.14 bits per heavy atom. The zero-order chi connectivity index (χ0) is 14.4. The zero-order valence-corrected chi connectivity index (χ0v) is 12.3. The van der Waals surface area contributed by atoms with E-state index in [1.54, 1.807) is 0 Å². The molecule has 3 nitrogen and oxygen atoms in total. The molecule has 0 radical (unpaired) electrons. The Balaban J connectivity index is 1.46. The van der Waals surface area contributed by atoms with Gasteiger partial charge in [-0.15, -0.1) is 0 Å². The Morgan fingerprint density at radius 2 is 1.95 bits per heavy atom. The van der Waals surface area contributed by atoms with E-state index in [1.165, 1.54) is 11.1 Å². The maximum Gasteiger partial charge on any atom is 0.224 e. The highest BCUT2D eigenvalue weighted by Gasteiger charge is 2.57. The van der Waals surface area contributed by atoms with E-state index in [1.807, 2.05) is 0 Å². The fourth-order valence-corrected chi connectivity index (χ4v) is 4.48. The molecule has 0 saturated heterocycles. The molecular weight excluding hydrogens is 262 g/mol. The molecule has 1 amide bonds. The van der Waals surface area contributed by atoms with Gasteiger partial charge in [0, 0.05) is 5.92 Å². The van der Waals surface area contributed by atoms with E-state index in [0.717, 1.165) is 38.5 Å². The lowest BCUT2D eigenvalue weighted by Crippen LogP contribution is -2.45. The van der Waals surface area contributed by atoms with Crippen LogP contribution in [0, 0.1) is 11.8 Å². The van der Waals surface area contributed by atoms with E-state index in [9.17, 15) is 9.90 Å². The Morgan fingerprint density at radius 3 is 2.81 bits per heavy atom. The minimum atomic E-state index is -0.351. The van der Waals surface area contributed by atoms with E-state index in [0.29, 0.717) is 11.8 Å². The van der Waals surface area contributed by atoms with Crippen LogP contribution in [0.5, 0.6) is 0 Å². The van der Waals surface area contributed by atoms with Gasteiger partial charge in [0.15, 0.2) is 0 Å². The molecule has 2 N–H and O–H groups in total. The van der Waals surface area contributed by atoms with Gasteiger partial charge in [-0.05, 0) is 48.6 Å². The summed E-state index contributed by atoms with van der Waals surface area (Å²) in [6, 6.07) is 8.54. The third-order valence-corrected chi connectivity index (χ3v) is 5.69. The summed E-state index contributed by atoms with van der Waals surface area (Å²) in [5, 5.41) is 13.2. The van der Waals surface area contributed by atoms with E-state index in [-0.39, 0.29) is 24.0 Å². The minimum absolute atomic E-state index is 0.0239. The molecule has 5 atom stereocenters. The number of hydrogen-bond donors (Lipinski definition) is 2. The molecule has 1 aromatic rings. The number of carbonyl (C=O) groups is 1. The molecule has 1 aromatic carbocycles. The maximum atomic E-state index is 12.6. The van der Waals surface area contributed by atoms with Crippen LogP contribution in [0.4, 0.5) is 0 Å². The van der Waals surface area contributed by atoms with Crippen molar-refractivity contribution in [2.75, 3.05) is 0 Å². The smallest absolute Gasteiger partial charge is 0.224 e. The Kier molecular flexibility index (Phi) is 3.26. The number of benzene rings is 1. The molecule has 4 rings (SSSR count). The van der Waals surface area contributed by atoms with Crippen LogP contribution >= 0.6 is 0 Å². The Hall–Kier alpha value is -1.35. The average Bonchev–Trinajstić information content (AvgIpc) is 3.24. The van der Waals surface area contributed by atoms with Gasteiger partial charge in [0.25, 0.3) is 0 Å². The third-order valence-electron chi connectivity index (χ3n) is 5.69. The molecule has 3 heteroatoms. The van der Waals surface area contributed by atoms with Crippen LogP contribution in [0.15, 0.2) is 24.3 Å². The average molecular weight is 285 g/mol. The van der Waals surface area contributed by atoms with E-state index < -0.39 is 0 Å². The lowest BCUT2D eigenvalue weighted by molar-refractivity contribution is -0.124. The lowest BCUT2D eigenvalue weighted by atomic mass is 9.92. The van der Waals surface area contributed by atoms with Crippen molar-refractivity contribution in [3.8, 4) is 0 Å². The highest BCUT2D eigenvalue weighted by Crippen LogP contribution is 2.59. The van der Waals surface area contributed by atoms with Gasteiger partial charge in [0.1, 0.15) is 0 Å². The van der Waals surface area contributed by atoms with Crippen molar-refractivity contribution in [3.63, 3.8) is 0 Å². The second kappa shape index (κ2) is 5.13. The van der Waals surface area contributed by atoms with E-state index in [2.05, 4.69) is 29.6 Å². The molecule has 0 heterocycles. The molecule has 0 aromatic heterocycles. The first-order chi connectivity index (χ1) is 10.3. The van der Waals surface area contributed by atoms with Gasteiger partial charge < -0.3 is 10.4 Å². The normalized spacial score (nSPS) is 37.3. The summed E-state index contributed by atoms with van der Waals surface area (Å²) in [6.07, 6.45) is 5.82. The predicted molar refractivity (Wildman–Crippen MR) is 80.9 cm³/mol. The molecular formula is C18H23NO2. The number of carbonyl (C=O) groups excluding carboxylic acids is 1. The summed E-state index contributed by atoms with van der Waals surface area (Å²) in [6.45, 7) is 0. The molecule has 2 saturated carbocycles. The largest absolute Gasteiger partial charge is 0.391 e. The second-order valence-electron chi connectivity index (χ2n) is 6.92. The zero-order valence-electron chi connectivity index (χ0n) is 12.3. The topological polar surface area (TPSA) is 49.3 Å². The minimum Gasteiger partial charge on any atom is -0.391 e. The number of aliphatic hydroxyl groups excluding tert-OH is 1. The molecule has 0 aliphatic heterocycles. The lowest BCUT2D eigenvalue weighted by Gasteiger charge is -2.28. The SMILES string of the molecule is O=C(N[C@@H]1CCCC[C@H]1O)C1C2CCc3ccccc3C21. The summed E-state index contributed by atoms with van der Waals surface area (Å²) in [7, 11) is 0. The molecule has 0 bridgehead atoms. The highest BCUT2D eigenvalue weighted by atomic mass is 16.3. The van der Waals surface area contributed by atoms with Gasteiger partial charge in [0.2, 0.25) is 5.91 Å². The fraction of sp³-hybridized carbons (Fsp3) is 0.611. The summed E-state index contributed by atoms with van der Waals surface area (Å²) in [5.41, 5.74) is 2.81. The van der Waals surface area contributed by atoms with Gasteiger partial charge in [-0.2, -0.15) is 0 Å². The Bertz CT molecular complexity index is 556. The molecule has 112 valence electrons. The van der Waals surface area contributed by atoms with Gasteiger partial charge in [0.05, 0.1) is 12.1 Å². The van der Waals surface area contributed by atoms with Crippen LogP contribution in [-0.2, 0) is 11.2 Å². The van der Waals surface area contributed by atoms with Crippen molar-refractivity contribution in [3.05, 3.63) is 35.4 Å². The van der Waals surface area contributed by atoms with E-state index in [4.69, 9.17) is 0 Å². The number of hydrogen-bond acceptors (Lipinski definition) is 2. The molecule has 0 spiro atoms. The quantitative estimate of drug-likeness (QED) is 0.876. The van der Waals surface area contributed by atoms with Crippen molar-refractivity contribution >= 4 is 5.91 Å². The van der Waals surface area contributed by atoms with Crippen LogP contribution in [0.3, 0.4) is 0 Å². The standard InChI is InChI=1S/C18H23NO2/c20-15-8-4-3-7-14(15)19-18(21)17-13-10-9-11-5-1-2-6-12(11)16(13)17/h1-2,5-6,13-17,20H,3-4,7-10H2,(H,19,21)/t13?,14-,15-,16?,17?/m1/s1. The summed E-state index contributed by atoms with van der Waals surface area (Å²) < 4.78 is 0. The van der Waals surface area contributed by atoms with Crippen LogP contribution in [0.25, 0.3) is 0 Å². The second-order valence-corrected chi connectivity index (χ2v) is 6.92. The number of fused-ring (bicyclic) bond motifs is 3. The number of nitrogens with one attached hydrogen (secondary N) is 1. The number of amides is 1. The number of aryl methyl sites for hydroxylation is 1. The van der Waals surface area contributed by atoms with Crippen LogP contribution in [0.1, 0.15) is 49.1 Å². The van der Waals surface area contributed by atoms with Crippen molar-refractivity contribution in [2.24, 2.45) is 11.8 Å². The first-order valence-electron chi connectivity index (χ1n) is 8.32.